The highest BCUT2D eigenvalue weighted by Gasteiger charge is 2.19. The molecule has 0 spiro atoms. The van der Waals surface area contributed by atoms with Crippen molar-refractivity contribution >= 4 is 17.7 Å². The quantitative estimate of drug-likeness (QED) is 0.849. The molecule has 1 aliphatic heterocycles. The smallest absolute Gasteiger partial charge is 0.220 e. The van der Waals surface area contributed by atoms with E-state index in [1.807, 2.05) is 23.9 Å². The maximum atomic E-state index is 12.1. The molecule has 1 saturated heterocycles. The first-order chi connectivity index (χ1) is 10.2. The number of rotatable bonds is 6. The number of carbonyl (C=O) groups is 1. The molecule has 4 heteroatoms. The average Bonchev–Trinajstić information content (AvgIpc) is 2.53. The first-order valence-electron chi connectivity index (χ1n) is 7.79. The van der Waals surface area contributed by atoms with Crippen molar-refractivity contribution in [3.8, 4) is 0 Å². The molecule has 21 heavy (non-hydrogen) atoms. The Morgan fingerprint density at radius 2 is 2.00 bits per heavy atom. The summed E-state index contributed by atoms with van der Waals surface area (Å²) in [5.74, 6) is 2.90. The molecule has 1 amide bonds. The van der Waals surface area contributed by atoms with Crippen molar-refractivity contribution in [2.24, 2.45) is 5.92 Å². The summed E-state index contributed by atoms with van der Waals surface area (Å²) in [5.41, 5.74) is 2.24. The lowest BCUT2D eigenvalue weighted by Crippen LogP contribution is -2.32. The highest BCUT2D eigenvalue weighted by molar-refractivity contribution is 7.99. The second kappa shape index (κ2) is 8.44. The van der Waals surface area contributed by atoms with Crippen LogP contribution in [0.1, 0.15) is 43.4 Å². The first-order valence-corrected chi connectivity index (χ1v) is 8.95. The molecule has 1 aliphatic rings. The number of carbonyl (C=O) groups excluding carboxylic acids is 1. The highest BCUT2D eigenvalue weighted by Crippen LogP contribution is 2.25. The maximum Gasteiger partial charge on any atom is 0.220 e. The minimum atomic E-state index is -0.290. The van der Waals surface area contributed by atoms with E-state index in [9.17, 15) is 9.90 Å². The van der Waals surface area contributed by atoms with Gasteiger partial charge in [-0.05, 0) is 47.8 Å². The predicted molar refractivity (Wildman–Crippen MR) is 88.5 cm³/mol. The summed E-state index contributed by atoms with van der Waals surface area (Å²) in [4.78, 5) is 12.1. The highest BCUT2D eigenvalue weighted by atomic mass is 32.2. The van der Waals surface area contributed by atoms with Crippen LogP contribution in [0.5, 0.6) is 0 Å². The summed E-state index contributed by atoms with van der Waals surface area (Å²) < 4.78 is 0. The van der Waals surface area contributed by atoms with Crippen molar-refractivity contribution in [3.63, 3.8) is 0 Å². The summed E-state index contributed by atoms with van der Waals surface area (Å²) in [6.07, 6.45) is 3.85. The number of hydrogen-bond donors (Lipinski definition) is 2. The number of nitrogens with one attached hydrogen (secondary N) is 1. The van der Waals surface area contributed by atoms with Crippen molar-refractivity contribution in [2.45, 2.75) is 38.6 Å². The molecule has 0 saturated carbocycles. The van der Waals surface area contributed by atoms with Gasteiger partial charge in [-0.3, -0.25) is 4.79 Å². The standard InChI is InChI=1S/C17H25NO2S/c1-2-13-3-5-15(6-4-13)16(12-19)18-17(20)11-14-7-9-21-10-8-14/h3-6,14,16,19H,2,7-12H2,1H3,(H,18,20). The van der Waals surface area contributed by atoms with Gasteiger partial charge >= 0.3 is 0 Å². The van der Waals surface area contributed by atoms with Gasteiger partial charge in [0.05, 0.1) is 12.6 Å². The molecule has 1 aromatic rings. The number of aliphatic hydroxyl groups is 1. The molecule has 1 atom stereocenters. The van der Waals surface area contributed by atoms with Gasteiger partial charge in [0.1, 0.15) is 0 Å². The molecule has 1 aromatic carbocycles. The van der Waals surface area contributed by atoms with E-state index in [2.05, 4.69) is 24.4 Å². The van der Waals surface area contributed by atoms with Crippen molar-refractivity contribution in [2.75, 3.05) is 18.1 Å². The van der Waals surface area contributed by atoms with Crippen molar-refractivity contribution in [3.05, 3.63) is 35.4 Å². The van der Waals surface area contributed by atoms with Gasteiger partial charge in [0, 0.05) is 6.42 Å². The van der Waals surface area contributed by atoms with Crippen LogP contribution >= 0.6 is 11.8 Å². The number of thioether (sulfide) groups is 1. The maximum absolute atomic E-state index is 12.1. The van der Waals surface area contributed by atoms with E-state index in [0.29, 0.717) is 12.3 Å². The van der Waals surface area contributed by atoms with Crippen molar-refractivity contribution in [1.82, 2.24) is 5.32 Å². The monoisotopic (exact) mass is 307 g/mol. The van der Waals surface area contributed by atoms with Crippen LogP contribution in [-0.4, -0.2) is 29.1 Å². The number of aliphatic hydroxyl groups excluding tert-OH is 1. The van der Waals surface area contributed by atoms with Gasteiger partial charge in [-0.2, -0.15) is 11.8 Å². The van der Waals surface area contributed by atoms with E-state index in [0.717, 1.165) is 24.8 Å². The summed E-state index contributed by atoms with van der Waals surface area (Å²) in [6, 6.07) is 7.82. The summed E-state index contributed by atoms with van der Waals surface area (Å²) in [6.45, 7) is 2.06. The third kappa shape index (κ3) is 5.04. The number of amides is 1. The molecule has 116 valence electrons. The molecule has 3 nitrogen and oxygen atoms in total. The van der Waals surface area contributed by atoms with Crippen LogP contribution in [0.4, 0.5) is 0 Å². The third-order valence-electron chi connectivity index (χ3n) is 4.12. The third-order valence-corrected chi connectivity index (χ3v) is 5.17. The lowest BCUT2D eigenvalue weighted by atomic mass is 9.98. The lowest BCUT2D eigenvalue weighted by molar-refractivity contribution is -0.123. The van der Waals surface area contributed by atoms with Gasteiger partial charge in [-0.15, -0.1) is 0 Å². The number of benzene rings is 1. The Morgan fingerprint density at radius 3 is 2.57 bits per heavy atom. The zero-order chi connectivity index (χ0) is 15.1. The molecule has 2 N–H and O–H groups in total. The van der Waals surface area contributed by atoms with Crippen molar-refractivity contribution < 1.29 is 9.90 Å². The molecule has 0 bridgehead atoms. The van der Waals surface area contributed by atoms with Crippen LogP contribution in [0.15, 0.2) is 24.3 Å². The van der Waals surface area contributed by atoms with Crippen molar-refractivity contribution in [1.29, 1.82) is 0 Å². The molecular formula is C17H25NO2S. The van der Waals surface area contributed by atoms with E-state index in [1.54, 1.807) is 0 Å². The second-order valence-electron chi connectivity index (χ2n) is 5.66. The SMILES string of the molecule is CCc1ccc(C(CO)NC(=O)CC2CCSCC2)cc1. The Kier molecular flexibility index (Phi) is 6.58. The van der Waals surface area contributed by atoms with Crippen LogP contribution < -0.4 is 5.32 Å². The van der Waals surface area contributed by atoms with E-state index in [-0.39, 0.29) is 18.6 Å². The fourth-order valence-corrected chi connectivity index (χ4v) is 3.89. The minimum absolute atomic E-state index is 0.0578. The van der Waals surface area contributed by atoms with Crippen LogP contribution in [0.2, 0.25) is 0 Å². The number of aryl methyl sites for hydroxylation is 1. The van der Waals surface area contributed by atoms with E-state index in [1.165, 1.54) is 17.1 Å². The fraction of sp³-hybridized carbons (Fsp3) is 0.588. The summed E-state index contributed by atoms with van der Waals surface area (Å²) >= 11 is 1.97. The van der Waals surface area contributed by atoms with Crippen LogP contribution in [0, 0.1) is 5.92 Å². The normalized spacial score (nSPS) is 17.4. The zero-order valence-corrected chi connectivity index (χ0v) is 13.5. The average molecular weight is 307 g/mol. The summed E-state index contributed by atoms with van der Waals surface area (Å²) in [7, 11) is 0. The lowest BCUT2D eigenvalue weighted by Gasteiger charge is -2.23. The fourth-order valence-electron chi connectivity index (χ4n) is 2.69. The van der Waals surface area contributed by atoms with Crippen LogP contribution in [-0.2, 0) is 11.2 Å². The molecule has 1 heterocycles. The van der Waals surface area contributed by atoms with E-state index < -0.39 is 0 Å². The van der Waals surface area contributed by atoms with Gasteiger partial charge < -0.3 is 10.4 Å². The molecule has 0 aromatic heterocycles. The molecule has 2 rings (SSSR count). The van der Waals surface area contributed by atoms with Gasteiger partial charge in [0.2, 0.25) is 5.91 Å². The zero-order valence-electron chi connectivity index (χ0n) is 12.7. The first kappa shape index (κ1) is 16.4. The van der Waals surface area contributed by atoms with Gasteiger partial charge in [0.25, 0.3) is 0 Å². The number of hydrogen-bond acceptors (Lipinski definition) is 3. The Balaban J connectivity index is 1.89. The Hall–Kier alpha value is -1.00. The van der Waals surface area contributed by atoms with Gasteiger partial charge in [-0.25, -0.2) is 0 Å². The molecule has 0 radical (unpaired) electrons. The van der Waals surface area contributed by atoms with Crippen LogP contribution in [0.3, 0.4) is 0 Å². The topological polar surface area (TPSA) is 49.3 Å². The largest absolute Gasteiger partial charge is 0.394 e. The predicted octanol–water partition coefficient (Wildman–Crippen LogP) is 2.93. The Morgan fingerprint density at radius 1 is 1.33 bits per heavy atom. The van der Waals surface area contributed by atoms with Gasteiger partial charge in [-0.1, -0.05) is 31.2 Å². The summed E-state index contributed by atoms with van der Waals surface area (Å²) in [5, 5.41) is 12.5. The molecule has 1 unspecified atom stereocenters. The van der Waals surface area contributed by atoms with Crippen LogP contribution in [0.25, 0.3) is 0 Å². The Labute approximate surface area is 131 Å². The van der Waals surface area contributed by atoms with E-state index in [4.69, 9.17) is 0 Å². The van der Waals surface area contributed by atoms with Gasteiger partial charge in [0.15, 0.2) is 0 Å². The Bertz CT molecular complexity index is 441. The second-order valence-corrected chi connectivity index (χ2v) is 6.88. The molecule has 1 fully saturated rings. The molecule has 0 aliphatic carbocycles. The molecular weight excluding hydrogens is 282 g/mol. The van der Waals surface area contributed by atoms with E-state index >= 15 is 0 Å². The minimum Gasteiger partial charge on any atom is -0.394 e.